The quantitative estimate of drug-likeness (QED) is 0.871. The third-order valence-electron chi connectivity index (χ3n) is 6.17. The van der Waals surface area contributed by atoms with Crippen molar-refractivity contribution in [1.82, 2.24) is 5.32 Å². The molecule has 2 bridgehead atoms. The molecule has 0 saturated heterocycles. The molecule has 5 atom stereocenters. The fourth-order valence-corrected chi connectivity index (χ4v) is 5.50. The number of hydrogen-bond acceptors (Lipinski definition) is 1. The first kappa shape index (κ1) is 12.8. The maximum absolute atomic E-state index is 13.4. The van der Waals surface area contributed by atoms with Crippen LogP contribution in [0.2, 0.25) is 0 Å². The van der Waals surface area contributed by atoms with Crippen LogP contribution in [0, 0.1) is 42.3 Å². The number of fused-ring (bicyclic) bond motifs is 5. The monoisotopic (exact) mass is 273 g/mol. The van der Waals surface area contributed by atoms with Crippen molar-refractivity contribution in [3.05, 3.63) is 35.1 Å². The number of hydrogen-bond donors (Lipinski definition) is 1. The highest BCUT2D eigenvalue weighted by atomic mass is 19.1. The van der Waals surface area contributed by atoms with Crippen LogP contribution in [0.3, 0.4) is 0 Å². The van der Waals surface area contributed by atoms with E-state index in [-0.39, 0.29) is 5.82 Å². The first-order valence-electron chi connectivity index (χ1n) is 8.20. The van der Waals surface area contributed by atoms with Gasteiger partial charge in [0.25, 0.3) is 0 Å². The van der Waals surface area contributed by atoms with Crippen molar-refractivity contribution in [2.24, 2.45) is 29.6 Å². The molecule has 3 aliphatic rings. The lowest BCUT2D eigenvalue weighted by Gasteiger charge is -2.23. The van der Waals surface area contributed by atoms with Gasteiger partial charge in [0.05, 0.1) is 0 Å². The van der Waals surface area contributed by atoms with Crippen molar-refractivity contribution in [3.63, 3.8) is 0 Å². The summed E-state index contributed by atoms with van der Waals surface area (Å²) in [5.41, 5.74) is 2.43. The second-order valence-electron chi connectivity index (χ2n) is 7.10. The molecule has 0 amide bonds. The van der Waals surface area contributed by atoms with Crippen LogP contribution in [0.5, 0.6) is 0 Å². The van der Waals surface area contributed by atoms with E-state index in [9.17, 15) is 4.39 Å². The molecule has 1 aromatic carbocycles. The third-order valence-corrected chi connectivity index (χ3v) is 6.17. The molecule has 0 aliphatic heterocycles. The molecule has 0 aromatic heterocycles. The molecule has 3 aliphatic carbocycles. The predicted molar refractivity (Wildman–Crippen MR) is 78.9 cm³/mol. The van der Waals surface area contributed by atoms with Crippen LogP contribution < -0.4 is 5.32 Å². The molecule has 2 heteroatoms. The standard InChI is InChI=1S/C18H24FN/c1-3-20-18(14-7-6-13(19)8-10(14)2)17-15-11-4-5-12(9-11)16(15)17/h6-8,11-12,15-18,20H,3-5,9H2,1-2H3. The number of nitrogens with one attached hydrogen (secondary N) is 1. The van der Waals surface area contributed by atoms with Crippen LogP contribution in [-0.2, 0) is 0 Å². The summed E-state index contributed by atoms with van der Waals surface area (Å²) in [4.78, 5) is 0. The molecule has 3 saturated carbocycles. The molecular formula is C18H24FN. The Labute approximate surface area is 121 Å². The van der Waals surface area contributed by atoms with E-state index in [1.54, 1.807) is 12.1 Å². The summed E-state index contributed by atoms with van der Waals surface area (Å²) in [6.45, 7) is 5.22. The van der Waals surface area contributed by atoms with Crippen LogP contribution in [0.1, 0.15) is 43.4 Å². The SMILES string of the molecule is CCNC(c1ccc(F)cc1C)C1C2C3CCC(C3)C21. The highest BCUT2D eigenvalue weighted by Gasteiger charge is 2.66. The average Bonchev–Trinajstić information content (AvgIpc) is 2.84. The Morgan fingerprint density at radius 2 is 1.95 bits per heavy atom. The van der Waals surface area contributed by atoms with Crippen LogP contribution >= 0.6 is 0 Å². The van der Waals surface area contributed by atoms with Gasteiger partial charge in [-0.25, -0.2) is 4.39 Å². The van der Waals surface area contributed by atoms with E-state index in [4.69, 9.17) is 0 Å². The van der Waals surface area contributed by atoms with E-state index in [0.29, 0.717) is 6.04 Å². The lowest BCUT2D eigenvalue weighted by molar-refractivity contribution is 0.373. The van der Waals surface area contributed by atoms with Gasteiger partial charge in [0, 0.05) is 6.04 Å². The van der Waals surface area contributed by atoms with Crippen molar-refractivity contribution in [2.75, 3.05) is 6.54 Å². The number of halogens is 1. The van der Waals surface area contributed by atoms with Gasteiger partial charge in [0.2, 0.25) is 0 Å². The van der Waals surface area contributed by atoms with Crippen molar-refractivity contribution >= 4 is 0 Å². The van der Waals surface area contributed by atoms with Crippen LogP contribution in [0.25, 0.3) is 0 Å². The molecule has 5 unspecified atom stereocenters. The molecule has 0 heterocycles. The fraction of sp³-hybridized carbons (Fsp3) is 0.667. The molecule has 108 valence electrons. The van der Waals surface area contributed by atoms with E-state index in [0.717, 1.165) is 41.7 Å². The summed E-state index contributed by atoms with van der Waals surface area (Å²) in [6, 6.07) is 5.76. The summed E-state index contributed by atoms with van der Waals surface area (Å²) in [6.07, 6.45) is 4.42. The molecular weight excluding hydrogens is 249 g/mol. The van der Waals surface area contributed by atoms with Gasteiger partial charge in [0.15, 0.2) is 0 Å². The average molecular weight is 273 g/mol. The molecule has 3 fully saturated rings. The first-order chi connectivity index (χ1) is 9.70. The van der Waals surface area contributed by atoms with Crippen molar-refractivity contribution in [2.45, 2.75) is 39.2 Å². The van der Waals surface area contributed by atoms with Gasteiger partial charge >= 0.3 is 0 Å². The van der Waals surface area contributed by atoms with Gasteiger partial charge in [-0.05, 0) is 85.6 Å². The molecule has 1 N–H and O–H groups in total. The summed E-state index contributed by atoms with van der Waals surface area (Å²) in [7, 11) is 0. The Bertz CT molecular complexity index is 510. The lowest BCUT2D eigenvalue weighted by atomic mass is 9.90. The maximum atomic E-state index is 13.4. The highest BCUT2D eigenvalue weighted by molar-refractivity contribution is 5.33. The zero-order valence-corrected chi connectivity index (χ0v) is 12.4. The van der Waals surface area contributed by atoms with Gasteiger partial charge in [-0.15, -0.1) is 0 Å². The van der Waals surface area contributed by atoms with E-state index in [2.05, 4.69) is 19.2 Å². The van der Waals surface area contributed by atoms with Gasteiger partial charge in [-0.3, -0.25) is 0 Å². The normalized spacial score (nSPS) is 38.9. The Morgan fingerprint density at radius 1 is 1.25 bits per heavy atom. The fourth-order valence-electron chi connectivity index (χ4n) is 5.50. The molecule has 4 rings (SSSR count). The number of rotatable bonds is 4. The first-order valence-corrected chi connectivity index (χ1v) is 8.20. The van der Waals surface area contributed by atoms with Crippen molar-refractivity contribution in [3.8, 4) is 0 Å². The topological polar surface area (TPSA) is 12.0 Å². The largest absolute Gasteiger partial charge is 0.310 e. The number of aryl methyl sites for hydroxylation is 1. The summed E-state index contributed by atoms with van der Waals surface area (Å²) >= 11 is 0. The van der Waals surface area contributed by atoms with Gasteiger partial charge in [0.1, 0.15) is 5.82 Å². The van der Waals surface area contributed by atoms with Gasteiger partial charge in [-0.1, -0.05) is 13.0 Å². The molecule has 20 heavy (non-hydrogen) atoms. The van der Waals surface area contributed by atoms with Crippen molar-refractivity contribution < 1.29 is 4.39 Å². The Kier molecular flexibility index (Phi) is 2.92. The van der Waals surface area contributed by atoms with Crippen LogP contribution in [-0.4, -0.2) is 6.54 Å². The van der Waals surface area contributed by atoms with Crippen molar-refractivity contribution in [1.29, 1.82) is 0 Å². The zero-order valence-electron chi connectivity index (χ0n) is 12.4. The van der Waals surface area contributed by atoms with E-state index in [1.165, 1.54) is 24.8 Å². The minimum atomic E-state index is -0.113. The summed E-state index contributed by atoms with van der Waals surface area (Å²) < 4.78 is 13.4. The Hall–Kier alpha value is -0.890. The minimum absolute atomic E-state index is 0.113. The second-order valence-corrected chi connectivity index (χ2v) is 7.10. The summed E-state index contributed by atoms with van der Waals surface area (Å²) in [5, 5.41) is 3.70. The third kappa shape index (κ3) is 1.77. The minimum Gasteiger partial charge on any atom is -0.310 e. The molecule has 1 nitrogen and oxygen atoms in total. The second kappa shape index (κ2) is 4.56. The molecule has 0 radical (unpaired) electrons. The Morgan fingerprint density at radius 3 is 2.55 bits per heavy atom. The van der Waals surface area contributed by atoms with E-state index in [1.807, 2.05) is 6.07 Å². The molecule has 1 aromatic rings. The molecule has 0 spiro atoms. The predicted octanol–water partition coefficient (Wildman–Crippen LogP) is 4.08. The van der Waals surface area contributed by atoms with E-state index >= 15 is 0 Å². The van der Waals surface area contributed by atoms with Gasteiger partial charge < -0.3 is 5.32 Å². The summed E-state index contributed by atoms with van der Waals surface area (Å²) in [5.74, 6) is 4.61. The zero-order chi connectivity index (χ0) is 13.9. The van der Waals surface area contributed by atoms with Gasteiger partial charge in [-0.2, -0.15) is 0 Å². The number of benzene rings is 1. The smallest absolute Gasteiger partial charge is 0.123 e. The lowest BCUT2D eigenvalue weighted by Crippen LogP contribution is -2.26. The van der Waals surface area contributed by atoms with E-state index < -0.39 is 0 Å². The Balaban J connectivity index is 1.62. The highest BCUT2D eigenvalue weighted by Crippen LogP contribution is 2.72. The maximum Gasteiger partial charge on any atom is 0.123 e. The van der Waals surface area contributed by atoms with Crippen LogP contribution in [0.4, 0.5) is 4.39 Å². The van der Waals surface area contributed by atoms with Crippen LogP contribution in [0.15, 0.2) is 18.2 Å².